The summed E-state index contributed by atoms with van der Waals surface area (Å²) in [7, 11) is 3.70. The summed E-state index contributed by atoms with van der Waals surface area (Å²) in [6, 6.07) is 8.32. The Morgan fingerprint density at radius 3 is 2.71 bits per heavy atom. The highest BCUT2D eigenvalue weighted by Gasteiger charge is 2.25. The molecule has 0 saturated carbocycles. The molecule has 0 spiro atoms. The minimum atomic E-state index is 0.0697. The fraction of sp³-hybridized carbons (Fsp3) is 0.280. The fourth-order valence-corrected chi connectivity index (χ4v) is 8.40. The number of rotatable bonds is 5. The first kappa shape index (κ1) is 23.4. The van der Waals surface area contributed by atoms with E-state index in [4.69, 9.17) is 4.74 Å². The van der Waals surface area contributed by atoms with Crippen molar-refractivity contribution in [3.8, 4) is 5.75 Å². The van der Waals surface area contributed by atoms with Crippen molar-refractivity contribution < 1.29 is 9.30 Å². The molecule has 0 atom stereocenters. The van der Waals surface area contributed by atoms with Crippen LogP contribution in [0.1, 0.15) is 27.2 Å². The van der Waals surface area contributed by atoms with E-state index in [1.807, 2.05) is 42.0 Å². The standard InChI is InChI=1S/C25H26N3O2S4/c1-6-28-22(13-21-27(9-10-31-21)14-17-11-15(2)32-16(17)3)34-23(24(28)29)25-26(4)19-8-7-18(30-5)12-20(19)33-25/h7-13H,6,14H2,1-5H3/q+1/b25-23+. The molecule has 1 aliphatic rings. The van der Waals surface area contributed by atoms with Crippen LogP contribution in [0, 0.1) is 13.8 Å². The van der Waals surface area contributed by atoms with Gasteiger partial charge in [0.25, 0.3) is 10.6 Å². The number of thiazole rings is 2. The van der Waals surface area contributed by atoms with Gasteiger partial charge in [0.1, 0.15) is 20.0 Å². The highest BCUT2D eigenvalue weighted by atomic mass is 32.2. The molecule has 0 unspecified atom stereocenters. The number of thioether (sulfide) groups is 1. The molecule has 0 saturated heterocycles. The third-order valence-electron chi connectivity index (χ3n) is 5.91. The number of anilines is 1. The first-order valence-electron chi connectivity index (χ1n) is 11.0. The summed E-state index contributed by atoms with van der Waals surface area (Å²) in [4.78, 5) is 19.4. The molecule has 9 heteroatoms. The van der Waals surface area contributed by atoms with E-state index in [0.29, 0.717) is 6.54 Å². The molecule has 1 aromatic carbocycles. The molecule has 1 aliphatic heterocycles. The molecular formula is C25H26N3O2S4+. The number of fused-ring (bicyclic) bond motifs is 1. The second-order valence-corrected chi connectivity index (χ2v) is 12.5. The SMILES string of the molecule is CCn1c(=O)/c(=C2\Sc3cc(OC)ccc3N2C)s/c1=C\c1scc[n+]1Cc1cc(C)sc1C. The van der Waals surface area contributed by atoms with Gasteiger partial charge >= 0.3 is 0 Å². The number of benzene rings is 1. The van der Waals surface area contributed by atoms with Gasteiger partial charge in [-0.2, -0.15) is 4.57 Å². The van der Waals surface area contributed by atoms with Crippen molar-refractivity contribution in [3.05, 3.63) is 75.7 Å². The van der Waals surface area contributed by atoms with Gasteiger partial charge < -0.3 is 9.64 Å². The van der Waals surface area contributed by atoms with Gasteiger partial charge in [-0.3, -0.25) is 9.36 Å². The Kier molecular flexibility index (Phi) is 6.45. The lowest BCUT2D eigenvalue weighted by molar-refractivity contribution is -0.685. The quantitative estimate of drug-likeness (QED) is 0.365. The first-order chi connectivity index (χ1) is 16.4. The largest absolute Gasteiger partial charge is 0.497 e. The Balaban J connectivity index is 1.59. The van der Waals surface area contributed by atoms with Gasteiger partial charge in [-0.05, 0) is 45.0 Å². The van der Waals surface area contributed by atoms with Crippen LogP contribution in [-0.4, -0.2) is 18.7 Å². The predicted molar refractivity (Wildman–Crippen MR) is 145 cm³/mol. The average Bonchev–Trinajstić information content (AvgIpc) is 3.55. The Bertz CT molecular complexity index is 1560. The number of aromatic nitrogens is 2. The topological polar surface area (TPSA) is 38.4 Å². The number of methoxy groups -OCH3 is 1. The maximum Gasteiger partial charge on any atom is 0.271 e. The Labute approximate surface area is 214 Å². The third-order valence-corrected chi connectivity index (χ3v) is 10.2. The molecule has 3 aromatic heterocycles. The van der Waals surface area contributed by atoms with Gasteiger partial charge in [0.15, 0.2) is 12.7 Å². The third kappa shape index (κ3) is 4.15. The van der Waals surface area contributed by atoms with Crippen molar-refractivity contribution in [2.24, 2.45) is 0 Å². The van der Waals surface area contributed by atoms with Crippen molar-refractivity contribution in [1.29, 1.82) is 0 Å². The predicted octanol–water partition coefficient (Wildman–Crippen LogP) is 4.15. The van der Waals surface area contributed by atoms with Gasteiger partial charge in [-0.25, -0.2) is 0 Å². The summed E-state index contributed by atoms with van der Waals surface area (Å²) in [5, 5.41) is 4.23. The normalized spacial score (nSPS) is 15.3. The monoisotopic (exact) mass is 528 g/mol. The molecule has 0 amide bonds. The Hall–Kier alpha value is -2.33. The van der Waals surface area contributed by atoms with Crippen molar-refractivity contribution in [2.45, 2.75) is 38.8 Å². The Morgan fingerprint density at radius 2 is 2.00 bits per heavy atom. The summed E-state index contributed by atoms with van der Waals surface area (Å²) >= 11 is 6.75. The van der Waals surface area contributed by atoms with Crippen LogP contribution in [0.15, 0.2) is 45.5 Å². The minimum absolute atomic E-state index is 0.0697. The highest BCUT2D eigenvalue weighted by Crippen LogP contribution is 2.46. The van der Waals surface area contributed by atoms with E-state index in [0.717, 1.165) is 42.1 Å². The van der Waals surface area contributed by atoms with Crippen LogP contribution in [0.5, 0.6) is 5.75 Å². The van der Waals surface area contributed by atoms with Crippen LogP contribution in [0.3, 0.4) is 0 Å². The van der Waals surface area contributed by atoms with Gasteiger partial charge in [-0.15, -0.1) is 22.7 Å². The zero-order chi connectivity index (χ0) is 24.0. The van der Waals surface area contributed by atoms with E-state index < -0.39 is 0 Å². The number of ether oxygens (including phenoxy) is 1. The van der Waals surface area contributed by atoms with E-state index in [1.165, 1.54) is 15.3 Å². The lowest BCUT2D eigenvalue weighted by atomic mass is 10.2. The van der Waals surface area contributed by atoms with E-state index in [-0.39, 0.29) is 5.56 Å². The molecule has 0 radical (unpaired) electrons. The fourth-order valence-electron chi connectivity index (χ4n) is 4.12. The number of nitrogens with zero attached hydrogens (tertiary/aromatic N) is 3. The minimum Gasteiger partial charge on any atom is -0.497 e. The second kappa shape index (κ2) is 9.37. The molecule has 4 heterocycles. The zero-order valence-corrected chi connectivity index (χ0v) is 23.0. The number of aryl methyl sites for hydroxylation is 2. The van der Waals surface area contributed by atoms with E-state index in [2.05, 4.69) is 53.1 Å². The van der Waals surface area contributed by atoms with Crippen molar-refractivity contribution >= 4 is 62.6 Å². The van der Waals surface area contributed by atoms with Crippen LogP contribution in [0.25, 0.3) is 11.1 Å². The maximum atomic E-state index is 13.4. The van der Waals surface area contributed by atoms with Crippen LogP contribution < -0.4 is 29.0 Å². The molecule has 0 fully saturated rings. The lowest BCUT2D eigenvalue weighted by Gasteiger charge is -2.12. The highest BCUT2D eigenvalue weighted by molar-refractivity contribution is 8.08. The molecule has 5 rings (SSSR count). The summed E-state index contributed by atoms with van der Waals surface area (Å²) in [6.07, 6.45) is 4.29. The molecular weight excluding hydrogens is 503 g/mol. The summed E-state index contributed by atoms with van der Waals surface area (Å²) in [5.41, 5.74) is 2.52. The summed E-state index contributed by atoms with van der Waals surface area (Å²) in [5.74, 6) is 0.824. The van der Waals surface area contributed by atoms with Crippen LogP contribution >= 0.6 is 45.8 Å². The van der Waals surface area contributed by atoms with Crippen molar-refractivity contribution in [2.75, 3.05) is 19.1 Å². The second-order valence-electron chi connectivity index (χ2n) is 8.07. The summed E-state index contributed by atoms with van der Waals surface area (Å²) in [6.45, 7) is 7.85. The van der Waals surface area contributed by atoms with Crippen molar-refractivity contribution in [1.82, 2.24) is 4.57 Å². The van der Waals surface area contributed by atoms with Gasteiger partial charge in [-0.1, -0.05) is 23.1 Å². The molecule has 0 aliphatic carbocycles. The van der Waals surface area contributed by atoms with Gasteiger partial charge in [0.05, 0.1) is 24.3 Å². The molecule has 4 aromatic rings. The molecule has 5 nitrogen and oxygen atoms in total. The zero-order valence-electron chi connectivity index (χ0n) is 19.7. The van der Waals surface area contributed by atoms with E-state index >= 15 is 0 Å². The first-order valence-corrected chi connectivity index (χ1v) is 14.3. The van der Waals surface area contributed by atoms with Gasteiger partial charge in [0.2, 0.25) is 0 Å². The number of hydrogen-bond acceptors (Lipinski definition) is 7. The van der Waals surface area contributed by atoms with Crippen LogP contribution in [-0.2, 0) is 13.1 Å². The van der Waals surface area contributed by atoms with E-state index in [1.54, 1.807) is 41.5 Å². The molecule has 0 bridgehead atoms. The molecule has 176 valence electrons. The lowest BCUT2D eigenvalue weighted by Crippen LogP contribution is -2.36. The van der Waals surface area contributed by atoms with Crippen LogP contribution in [0.2, 0.25) is 0 Å². The van der Waals surface area contributed by atoms with E-state index in [9.17, 15) is 4.79 Å². The van der Waals surface area contributed by atoms with Crippen molar-refractivity contribution in [3.63, 3.8) is 0 Å². The van der Waals surface area contributed by atoms with Gasteiger partial charge in [0, 0.05) is 33.8 Å². The maximum absolute atomic E-state index is 13.4. The Morgan fingerprint density at radius 1 is 1.18 bits per heavy atom. The van der Waals surface area contributed by atoms with Crippen LogP contribution in [0.4, 0.5) is 5.69 Å². The molecule has 0 N–H and O–H groups in total. The number of hydrogen-bond donors (Lipinski definition) is 0. The smallest absolute Gasteiger partial charge is 0.271 e. The average molecular weight is 529 g/mol. The summed E-state index contributed by atoms with van der Waals surface area (Å²) < 4.78 is 11.3. The molecule has 34 heavy (non-hydrogen) atoms. The number of thiophene rings is 1.